The number of halogens is 1. The van der Waals surface area contributed by atoms with Gasteiger partial charge in [0.15, 0.2) is 5.78 Å². The number of carbonyl (C=O) groups is 3. The lowest BCUT2D eigenvalue weighted by atomic mass is 9.96. The highest BCUT2D eigenvalue weighted by atomic mass is 35.5. The summed E-state index contributed by atoms with van der Waals surface area (Å²) in [6, 6.07) is 14.8. The van der Waals surface area contributed by atoms with Crippen molar-refractivity contribution in [3.63, 3.8) is 0 Å². The lowest BCUT2D eigenvalue weighted by Crippen LogP contribution is -2.25. The summed E-state index contributed by atoms with van der Waals surface area (Å²) in [4.78, 5) is 35.3. The fourth-order valence-electron chi connectivity index (χ4n) is 1.94. The topological polar surface area (TPSA) is 77.2 Å². The molecule has 0 bridgehead atoms. The molecule has 2 rings (SSSR count). The number of hydrogen-bond donors (Lipinski definition) is 1. The van der Waals surface area contributed by atoms with Gasteiger partial charge in [0, 0.05) is 11.1 Å². The van der Waals surface area contributed by atoms with Gasteiger partial charge in [0.2, 0.25) is 0 Å². The predicted octanol–water partition coefficient (Wildman–Crippen LogP) is 2.52. The van der Waals surface area contributed by atoms with Crippen LogP contribution in [0.5, 0.6) is 0 Å². The van der Waals surface area contributed by atoms with Gasteiger partial charge in [-0.2, -0.15) is 0 Å². The Hall–Kier alpha value is -2.46. The molecule has 0 aliphatic rings. The first kappa shape index (κ1) is 14.9. The molecule has 2 aromatic carbocycles. The average Bonchev–Trinajstić information content (AvgIpc) is 2.53. The van der Waals surface area contributed by atoms with E-state index in [1.807, 2.05) is 6.07 Å². The Kier molecular flexibility index (Phi) is 4.50. The van der Waals surface area contributed by atoms with Crippen LogP contribution in [0.15, 0.2) is 54.6 Å². The summed E-state index contributed by atoms with van der Waals surface area (Å²) in [7, 11) is 0. The molecule has 0 spiro atoms. The summed E-state index contributed by atoms with van der Waals surface area (Å²) in [5.41, 5.74) is 5.66. The normalized spacial score (nSPS) is 11.7. The second-order valence-electron chi connectivity index (χ2n) is 4.38. The minimum absolute atomic E-state index is 0.0309. The molecule has 4 nitrogen and oxygen atoms in total. The van der Waals surface area contributed by atoms with Crippen LogP contribution in [0.1, 0.15) is 31.7 Å². The fourth-order valence-corrected chi connectivity index (χ4v) is 2.20. The van der Waals surface area contributed by atoms with E-state index in [2.05, 4.69) is 0 Å². The number of rotatable bonds is 5. The number of alkyl halides is 1. The van der Waals surface area contributed by atoms with Crippen molar-refractivity contribution in [2.75, 3.05) is 0 Å². The van der Waals surface area contributed by atoms with Gasteiger partial charge >= 0.3 is 0 Å². The third kappa shape index (κ3) is 3.17. The van der Waals surface area contributed by atoms with Crippen LogP contribution in [-0.2, 0) is 4.79 Å². The van der Waals surface area contributed by atoms with E-state index in [-0.39, 0.29) is 11.1 Å². The summed E-state index contributed by atoms with van der Waals surface area (Å²) in [6.45, 7) is 0. The molecule has 0 saturated heterocycles. The molecular formula is C16H12ClNO3. The number of benzene rings is 2. The molecule has 5 heteroatoms. The molecule has 0 saturated carbocycles. The van der Waals surface area contributed by atoms with Gasteiger partial charge in [-0.3, -0.25) is 14.4 Å². The van der Waals surface area contributed by atoms with Crippen molar-refractivity contribution in [3.8, 4) is 0 Å². The zero-order chi connectivity index (χ0) is 15.4. The van der Waals surface area contributed by atoms with E-state index >= 15 is 0 Å². The van der Waals surface area contributed by atoms with Gasteiger partial charge in [-0.05, 0) is 5.56 Å². The van der Waals surface area contributed by atoms with Crippen LogP contribution in [0, 0.1) is 0 Å². The molecule has 0 aliphatic heterocycles. The Bertz CT molecular complexity index is 698. The minimum Gasteiger partial charge on any atom is -0.363 e. The van der Waals surface area contributed by atoms with Crippen molar-refractivity contribution >= 4 is 29.1 Å². The maximum atomic E-state index is 12.5. The van der Waals surface area contributed by atoms with Gasteiger partial charge in [0.1, 0.15) is 5.38 Å². The highest BCUT2D eigenvalue weighted by Gasteiger charge is 2.25. The Morgan fingerprint density at radius 3 is 1.95 bits per heavy atom. The highest BCUT2D eigenvalue weighted by molar-refractivity contribution is 6.44. The van der Waals surface area contributed by atoms with Crippen LogP contribution in [0.25, 0.3) is 0 Å². The van der Waals surface area contributed by atoms with E-state index in [9.17, 15) is 14.4 Å². The first-order chi connectivity index (χ1) is 10.0. The van der Waals surface area contributed by atoms with E-state index in [1.165, 1.54) is 12.1 Å². The van der Waals surface area contributed by atoms with Gasteiger partial charge in [0.05, 0.1) is 0 Å². The van der Waals surface area contributed by atoms with E-state index < -0.39 is 22.9 Å². The quantitative estimate of drug-likeness (QED) is 0.523. The number of hydrogen-bond acceptors (Lipinski definition) is 3. The minimum atomic E-state index is -1.11. The van der Waals surface area contributed by atoms with Crippen LogP contribution in [-0.4, -0.2) is 17.5 Å². The standard InChI is InChI=1S/C16H12ClNO3/c17-13(10-6-2-1-3-7-10)14(19)11-8-4-5-9-12(11)15(20)16(18)21/h1-9,13H,(H2,18,21)/t13-/m1/s1. The van der Waals surface area contributed by atoms with Crippen LogP contribution in [0.2, 0.25) is 0 Å². The van der Waals surface area contributed by atoms with E-state index in [0.717, 1.165) is 0 Å². The Labute approximate surface area is 126 Å². The molecule has 0 aromatic heterocycles. The first-order valence-corrected chi connectivity index (χ1v) is 6.62. The summed E-state index contributed by atoms with van der Waals surface area (Å²) in [5.74, 6) is -2.47. The van der Waals surface area contributed by atoms with E-state index in [4.69, 9.17) is 17.3 Å². The number of primary amides is 1. The molecular weight excluding hydrogens is 290 g/mol. The number of nitrogens with two attached hydrogens (primary N) is 1. The molecule has 0 unspecified atom stereocenters. The molecule has 1 atom stereocenters. The van der Waals surface area contributed by atoms with Crippen molar-refractivity contribution in [1.29, 1.82) is 0 Å². The lowest BCUT2D eigenvalue weighted by molar-refractivity contribution is -0.114. The van der Waals surface area contributed by atoms with Crippen LogP contribution in [0.4, 0.5) is 0 Å². The van der Waals surface area contributed by atoms with Crippen molar-refractivity contribution in [2.24, 2.45) is 5.73 Å². The van der Waals surface area contributed by atoms with Crippen LogP contribution < -0.4 is 5.73 Å². The zero-order valence-electron chi connectivity index (χ0n) is 11.0. The van der Waals surface area contributed by atoms with Gasteiger partial charge in [0.25, 0.3) is 11.7 Å². The molecule has 2 N–H and O–H groups in total. The molecule has 0 fully saturated rings. The zero-order valence-corrected chi connectivity index (χ0v) is 11.7. The van der Waals surface area contributed by atoms with Crippen molar-refractivity contribution < 1.29 is 14.4 Å². The SMILES string of the molecule is NC(=O)C(=O)c1ccccc1C(=O)[C@H](Cl)c1ccccc1. The van der Waals surface area contributed by atoms with Crippen molar-refractivity contribution in [1.82, 2.24) is 0 Å². The first-order valence-electron chi connectivity index (χ1n) is 6.18. The summed E-state index contributed by atoms with van der Waals surface area (Å²) in [5, 5.41) is -0.937. The van der Waals surface area contributed by atoms with Gasteiger partial charge in [-0.25, -0.2) is 0 Å². The largest absolute Gasteiger partial charge is 0.363 e. The average molecular weight is 302 g/mol. The number of amides is 1. The predicted molar refractivity (Wildman–Crippen MR) is 79.3 cm³/mol. The van der Waals surface area contributed by atoms with Crippen LogP contribution >= 0.6 is 11.6 Å². The Morgan fingerprint density at radius 1 is 0.857 bits per heavy atom. The molecule has 2 aromatic rings. The third-order valence-corrected chi connectivity index (χ3v) is 3.43. The van der Waals surface area contributed by atoms with Gasteiger partial charge < -0.3 is 5.73 Å². The Balaban J connectivity index is 2.40. The maximum absolute atomic E-state index is 12.5. The van der Waals surface area contributed by atoms with Crippen molar-refractivity contribution in [3.05, 3.63) is 71.3 Å². The van der Waals surface area contributed by atoms with Crippen molar-refractivity contribution in [2.45, 2.75) is 5.38 Å². The molecule has 0 radical (unpaired) electrons. The lowest BCUT2D eigenvalue weighted by Gasteiger charge is -2.11. The smallest absolute Gasteiger partial charge is 0.289 e. The summed E-state index contributed by atoms with van der Waals surface area (Å²) < 4.78 is 0. The third-order valence-electron chi connectivity index (χ3n) is 2.98. The monoisotopic (exact) mass is 301 g/mol. The van der Waals surface area contributed by atoms with E-state index in [0.29, 0.717) is 5.56 Å². The second-order valence-corrected chi connectivity index (χ2v) is 4.81. The fraction of sp³-hybridized carbons (Fsp3) is 0.0625. The molecule has 0 heterocycles. The Morgan fingerprint density at radius 2 is 1.38 bits per heavy atom. The van der Waals surface area contributed by atoms with E-state index in [1.54, 1.807) is 36.4 Å². The molecule has 0 aliphatic carbocycles. The highest BCUT2D eigenvalue weighted by Crippen LogP contribution is 2.26. The summed E-state index contributed by atoms with van der Waals surface area (Å²) >= 11 is 6.17. The number of Topliss-reactive ketones (excluding diaryl/α,β-unsaturated/α-hetero) is 2. The maximum Gasteiger partial charge on any atom is 0.289 e. The number of ketones is 2. The molecule has 106 valence electrons. The molecule has 1 amide bonds. The number of carbonyl (C=O) groups excluding carboxylic acids is 3. The van der Waals surface area contributed by atoms with Gasteiger partial charge in [-0.1, -0.05) is 54.6 Å². The summed E-state index contributed by atoms with van der Waals surface area (Å²) in [6.07, 6.45) is 0. The van der Waals surface area contributed by atoms with Crippen LogP contribution in [0.3, 0.4) is 0 Å². The molecule has 21 heavy (non-hydrogen) atoms. The van der Waals surface area contributed by atoms with Gasteiger partial charge in [-0.15, -0.1) is 11.6 Å². The second kappa shape index (κ2) is 6.33.